The number of pyridine rings is 1. The lowest BCUT2D eigenvalue weighted by molar-refractivity contribution is 0.547. The van der Waals surface area contributed by atoms with Gasteiger partial charge in [0.1, 0.15) is 17.5 Å². The Labute approximate surface area is 113 Å². The van der Waals surface area contributed by atoms with Crippen LogP contribution in [0.4, 0.5) is 11.6 Å². The number of hydrogen-bond acceptors (Lipinski definition) is 5. The van der Waals surface area contributed by atoms with Gasteiger partial charge in [0.15, 0.2) is 0 Å². The van der Waals surface area contributed by atoms with Gasteiger partial charge >= 0.3 is 0 Å². The van der Waals surface area contributed by atoms with Gasteiger partial charge in [-0.3, -0.25) is 4.98 Å². The number of hydrogen-bond donors (Lipinski definition) is 2. The van der Waals surface area contributed by atoms with Crippen LogP contribution in [0.15, 0.2) is 30.5 Å². The van der Waals surface area contributed by atoms with Gasteiger partial charge in [-0.1, -0.05) is 26.8 Å². The molecule has 0 fully saturated rings. The van der Waals surface area contributed by atoms with Gasteiger partial charge in [0.05, 0.1) is 12.2 Å². The Morgan fingerprint density at radius 3 is 2.63 bits per heavy atom. The summed E-state index contributed by atoms with van der Waals surface area (Å²) in [5.74, 6) is 1.93. The molecule has 2 aromatic heterocycles. The van der Waals surface area contributed by atoms with E-state index in [2.05, 4.69) is 41.0 Å². The Bertz CT molecular complexity index is 546. The van der Waals surface area contributed by atoms with Crippen LogP contribution in [0.1, 0.15) is 32.3 Å². The maximum absolute atomic E-state index is 5.82. The molecule has 3 N–H and O–H groups in total. The zero-order chi connectivity index (χ0) is 13.9. The van der Waals surface area contributed by atoms with E-state index in [0.717, 1.165) is 17.3 Å². The normalized spacial score (nSPS) is 11.3. The van der Waals surface area contributed by atoms with Crippen molar-refractivity contribution in [2.45, 2.75) is 32.7 Å². The summed E-state index contributed by atoms with van der Waals surface area (Å²) in [6, 6.07) is 7.54. The average molecular weight is 257 g/mol. The lowest BCUT2D eigenvalue weighted by Gasteiger charge is -2.18. The third-order valence-electron chi connectivity index (χ3n) is 2.59. The molecular weight excluding hydrogens is 238 g/mol. The Morgan fingerprint density at radius 2 is 2.00 bits per heavy atom. The monoisotopic (exact) mass is 257 g/mol. The minimum absolute atomic E-state index is 0.128. The Morgan fingerprint density at radius 1 is 1.21 bits per heavy atom. The first kappa shape index (κ1) is 13.3. The molecule has 0 radical (unpaired) electrons. The maximum Gasteiger partial charge on any atom is 0.138 e. The number of nitrogens with zero attached hydrogens (tertiary/aromatic N) is 3. The van der Waals surface area contributed by atoms with E-state index in [1.807, 2.05) is 18.2 Å². The first-order valence-corrected chi connectivity index (χ1v) is 6.24. The summed E-state index contributed by atoms with van der Waals surface area (Å²) < 4.78 is 0. The van der Waals surface area contributed by atoms with Crippen molar-refractivity contribution in [3.63, 3.8) is 0 Å². The van der Waals surface area contributed by atoms with Gasteiger partial charge in [-0.2, -0.15) is 0 Å². The van der Waals surface area contributed by atoms with Crippen molar-refractivity contribution in [1.29, 1.82) is 0 Å². The summed E-state index contributed by atoms with van der Waals surface area (Å²) in [4.78, 5) is 13.0. The van der Waals surface area contributed by atoms with Gasteiger partial charge in [0, 0.05) is 17.7 Å². The fourth-order valence-electron chi connectivity index (χ4n) is 1.58. The number of nitrogens with one attached hydrogen (secondary N) is 1. The van der Waals surface area contributed by atoms with Crippen LogP contribution in [0.5, 0.6) is 0 Å². The molecule has 0 unspecified atom stereocenters. The molecule has 2 aromatic rings. The highest BCUT2D eigenvalue weighted by Crippen LogP contribution is 2.21. The second-order valence-corrected chi connectivity index (χ2v) is 5.43. The highest BCUT2D eigenvalue weighted by molar-refractivity contribution is 5.45. The van der Waals surface area contributed by atoms with Gasteiger partial charge < -0.3 is 11.1 Å². The van der Waals surface area contributed by atoms with Crippen LogP contribution in [0.25, 0.3) is 0 Å². The zero-order valence-electron chi connectivity index (χ0n) is 11.5. The Balaban J connectivity index is 2.15. The molecule has 19 heavy (non-hydrogen) atoms. The predicted octanol–water partition coefficient (Wildman–Crippen LogP) is 2.36. The third kappa shape index (κ3) is 3.64. The van der Waals surface area contributed by atoms with Crippen molar-refractivity contribution < 1.29 is 0 Å². The molecule has 5 heteroatoms. The van der Waals surface area contributed by atoms with Crippen molar-refractivity contribution in [2.24, 2.45) is 0 Å². The molecule has 0 aromatic carbocycles. The molecule has 0 aliphatic rings. The summed E-state index contributed by atoms with van der Waals surface area (Å²) in [6.45, 7) is 6.79. The average Bonchev–Trinajstić information content (AvgIpc) is 2.36. The van der Waals surface area contributed by atoms with Crippen molar-refractivity contribution in [3.8, 4) is 0 Å². The van der Waals surface area contributed by atoms with Gasteiger partial charge in [0.25, 0.3) is 0 Å². The van der Waals surface area contributed by atoms with Crippen molar-refractivity contribution in [3.05, 3.63) is 42.0 Å². The lowest BCUT2D eigenvalue weighted by atomic mass is 9.96. The molecular formula is C14H19N5. The summed E-state index contributed by atoms with van der Waals surface area (Å²) >= 11 is 0. The van der Waals surface area contributed by atoms with E-state index >= 15 is 0 Å². The number of nitrogens with two attached hydrogens (primary N) is 1. The molecule has 0 saturated heterocycles. The van der Waals surface area contributed by atoms with Crippen LogP contribution in [0.3, 0.4) is 0 Å². The summed E-state index contributed by atoms with van der Waals surface area (Å²) in [6.07, 6.45) is 1.77. The second kappa shape index (κ2) is 5.22. The SMILES string of the molecule is CC(C)(C)c1nc(N)cc(NCc2ccccn2)n1. The maximum atomic E-state index is 5.82. The van der Waals surface area contributed by atoms with Crippen molar-refractivity contribution in [1.82, 2.24) is 15.0 Å². The minimum atomic E-state index is -0.128. The van der Waals surface area contributed by atoms with Crippen LogP contribution in [0.2, 0.25) is 0 Å². The first-order chi connectivity index (χ1) is 8.95. The van der Waals surface area contributed by atoms with E-state index < -0.39 is 0 Å². The highest BCUT2D eigenvalue weighted by Gasteiger charge is 2.18. The van der Waals surface area contributed by atoms with E-state index in [-0.39, 0.29) is 5.41 Å². The van der Waals surface area contributed by atoms with Crippen LogP contribution >= 0.6 is 0 Å². The molecule has 0 aliphatic carbocycles. The topological polar surface area (TPSA) is 76.7 Å². The van der Waals surface area contributed by atoms with Crippen LogP contribution in [-0.2, 0) is 12.0 Å². The van der Waals surface area contributed by atoms with Crippen molar-refractivity contribution >= 4 is 11.6 Å². The van der Waals surface area contributed by atoms with Gasteiger partial charge in [-0.15, -0.1) is 0 Å². The quantitative estimate of drug-likeness (QED) is 0.882. The summed E-state index contributed by atoms with van der Waals surface area (Å²) in [5.41, 5.74) is 6.65. The van der Waals surface area contributed by atoms with Crippen LogP contribution in [0, 0.1) is 0 Å². The molecule has 0 saturated carbocycles. The molecule has 0 bridgehead atoms. The van der Waals surface area contributed by atoms with E-state index in [9.17, 15) is 0 Å². The molecule has 2 rings (SSSR count). The first-order valence-electron chi connectivity index (χ1n) is 6.24. The fraction of sp³-hybridized carbons (Fsp3) is 0.357. The fourth-order valence-corrected chi connectivity index (χ4v) is 1.58. The van der Waals surface area contributed by atoms with Crippen LogP contribution < -0.4 is 11.1 Å². The zero-order valence-corrected chi connectivity index (χ0v) is 11.5. The molecule has 0 atom stereocenters. The summed E-state index contributed by atoms with van der Waals surface area (Å²) in [5, 5.41) is 3.22. The Hall–Kier alpha value is -2.17. The highest BCUT2D eigenvalue weighted by atomic mass is 15.1. The number of nitrogen functional groups attached to an aromatic ring is 1. The number of rotatable bonds is 3. The minimum Gasteiger partial charge on any atom is -0.384 e. The van der Waals surface area contributed by atoms with E-state index in [1.165, 1.54) is 0 Å². The smallest absolute Gasteiger partial charge is 0.138 e. The molecule has 0 spiro atoms. The predicted molar refractivity (Wildman–Crippen MR) is 76.7 cm³/mol. The number of anilines is 2. The largest absolute Gasteiger partial charge is 0.384 e. The third-order valence-corrected chi connectivity index (χ3v) is 2.59. The molecule has 0 amide bonds. The number of aromatic nitrogens is 3. The van der Waals surface area contributed by atoms with E-state index in [1.54, 1.807) is 12.3 Å². The van der Waals surface area contributed by atoms with Crippen molar-refractivity contribution in [2.75, 3.05) is 11.1 Å². The standard InChI is InChI=1S/C14H19N5/c1-14(2,3)13-18-11(15)8-12(19-13)17-9-10-6-4-5-7-16-10/h4-8H,9H2,1-3H3,(H3,15,17,18,19). The van der Waals surface area contributed by atoms with E-state index in [4.69, 9.17) is 5.73 Å². The molecule has 5 nitrogen and oxygen atoms in total. The van der Waals surface area contributed by atoms with Crippen LogP contribution in [-0.4, -0.2) is 15.0 Å². The van der Waals surface area contributed by atoms with Gasteiger partial charge in [-0.25, -0.2) is 9.97 Å². The second-order valence-electron chi connectivity index (χ2n) is 5.43. The summed E-state index contributed by atoms with van der Waals surface area (Å²) in [7, 11) is 0. The van der Waals surface area contributed by atoms with Gasteiger partial charge in [-0.05, 0) is 12.1 Å². The van der Waals surface area contributed by atoms with E-state index in [0.29, 0.717) is 12.4 Å². The van der Waals surface area contributed by atoms with Gasteiger partial charge in [0.2, 0.25) is 0 Å². The Kier molecular flexibility index (Phi) is 3.64. The molecule has 100 valence electrons. The molecule has 2 heterocycles. The lowest BCUT2D eigenvalue weighted by Crippen LogP contribution is -2.18. The molecule has 0 aliphatic heterocycles.